The Kier molecular flexibility index (Phi) is 5.86. The molecule has 2 heterocycles. The highest BCUT2D eigenvalue weighted by molar-refractivity contribution is 5.96. The molecule has 6 nitrogen and oxygen atoms in total. The standard InChI is InChI=1S/C27H26N4O2/c1-18-27(31(15-14-28-18)22-12-8-20(17-33)9-13-22)26-24-5-3-2-4-23(24)25(29-30-26)21-10-6-19(16-32)7-11-21/h2-13,17-18,27-28,32H,14-16H2,1H3. The minimum atomic E-state index is -0.0101. The van der Waals surface area contributed by atoms with E-state index in [0.717, 1.165) is 58.4 Å². The van der Waals surface area contributed by atoms with E-state index in [0.29, 0.717) is 5.56 Å². The molecule has 1 saturated heterocycles. The lowest BCUT2D eigenvalue weighted by molar-refractivity contribution is 0.112. The van der Waals surface area contributed by atoms with Crippen LogP contribution in [0.25, 0.3) is 22.0 Å². The van der Waals surface area contributed by atoms with Crippen molar-refractivity contribution in [3.8, 4) is 11.3 Å². The second-order valence-electron chi connectivity index (χ2n) is 8.42. The van der Waals surface area contributed by atoms with Crippen molar-refractivity contribution in [1.82, 2.24) is 15.5 Å². The van der Waals surface area contributed by atoms with Crippen molar-refractivity contribution < 1.29 is 9.90 Å². The van der Waals surface area contributed by atoms with Gasteiger partial charge < -0.3 is 15.3 Å². The summed E-state index contributed by atoms with van der Waals surface area (Å²) in [6.07, 6.45) is 0.868. The fourth-order valence-corrected chi connectivity index (χ4v) is 4.68. The molecule has 0 saturated carbocycles. The van der Waals surface area contributed by atoms with Gasteiger partial charge >= 0.3 is 0 Å². The largest absolute Gasteiger partial charge is 0.392 e. The van der Waals surface area contributed by atoms with E-state index in [1.165, 1.54) is 0 Å². The number of nitrogens with one attached hydrogen (secondary N) is 1. The number of hydrogen-bond acceptors (Lipinski definition) is 6. The quantitative estimate of drug-likeness (QED) is 0.456. The van der Waals surface area contributed by atoms with Crippen LogP contribution in [0.1, 0.15) is 34.6 Å². The van der Waals surface area contributed by atoms with E-state index >= 15 is 0 Å². The van der Waals surface area contributed by atoms with Gasteiger partial charge in [0.1, 0.15) is 12.0 Å². The number of anilines is 1. The summed E-state index contributed by atoms with van der Waals surface area (Å²) in [5.74, 6) is 0. The zero-order chi connectivity index (χ0) is 22.8. The normalized spacial score (nSPS) is 18.4. The molecule has 1 aromatic heterocycles. The molecule has 4 aromatic rings. The SMILES string of the molecule is CC1NCCN(c2ccc(C=O)cc2)C1c1nnc(-c2ccc(CO)cc2)c2ccccc12. The molecule has 3 aromatic carbocycles. The molecule has 166 valence electrons. The topological polar surface area (TPSA) is 78.4 Å². The van der Waals surface area contributed by atoms with E-state index in [1.54, 1.807) is 0 Å². The number of rotatable bonds is 5. The highest BCUT2D eigenvalue weighted by atomic mass is 16.3. The molecule has 5 rings (SSSR count). The highest BCUT2D eigenvalue weighted by Crippen LogP contribution is 2.36. The third-order valence-electron chi connectivity index (χ3n) is 6.40. The number of benzene rings is 3. The number of carbonyl (C=O) groups excluding carboxylic acids is 1. The molecule has 1 fully saturated rings. The number of fused-ring (bicyclic) bond motifs is 1. The second-order valence-corrected chi connectivity index (χ2v) is 8.42. The van der Waals surface area contributed by atoms with Gasteiger partial charge in [0.2, 0.25) is 0 Å². The van der Waals surface area contributed by atoms with Gasteiger partial charge in [0.15, 0.2) is 0 Å². The van der Waals surface area contributed by atoms with E-state index in [4.69, 9.17) is 5.10 Å². The van der Waals surface area contributed by atoms with Crippen LogP contribution in [0.3, 0.4) is 0 Å². The van der Waals surface area contributed by atoms with Crippen molar-refractivity contribution >= 4 is 22.7 Å². The Bertz CT molecular complexity index is 1270. The number of aromatic nitrogens is 2. The Morgan fingerprint density at radius 1 is 1.00 bits per heavy atom. The molecule has 0 spiro atoms. The molecule has 0 amide bonds. The molecule has 6 heteroatoms. The Balaban J connectivity index is 1.62. The molecular weight excluding hydrogens is 412 g/mol. The number of piperazine rings is 1. The third kappa shape index (κ3) is 3.99. The third-order valence-corrected chi connectivity index (χ3v) is 6.40. The molecule has 33 heavy (non-hydrogen) atoms. The number of carbonyl (C=O) groups is 1. The summed E-state index contributed by atoms with van der Waals surface area (Å²) in [7, 11) is 0. The minimum Gasteiger partial charge on any atom is -0.392 e. The number of aldehydes is 1. The fourth-order valence-electron chi connectivity index (χ4n) is 4.68. The summed E-state index contributed by atoms with van der Waals surface area (Å²) in [6.45, 7) is 3.89. The molecule has 2 N–H and O–H groups in total. The number of aliphatic hydroxyl groups excluding tert-OH is 1. The molecule has 1 aliphatic heterocycles. The van der Waals surface area contributed by atoms with Crippen molar-refractivity contribution in [3.63, 3.8) is 0 Å². The van der Waals surface area contributed by atoms with E-state index in [2.05, 4.69) is 34.4 Å². The first-order valence-corrected chi connectivity index (χ1v) is 11.2. The van der Waals surface area contributed by atoms with Crippen LogP contribution in [0.5, 0.6) is 0 Å². The van der Waals surface area contributed by atoms with Crippen LogP contribution in [0.4, 0.5) is 5.69 Å². The van der Waals surface area contributed by atoms with Crippen molar-refractivity contribution in [1.29, 1.82) is 0 Å². The van der Waals surface area contributed by atoms with Crippen LogP contribution in [0.15, 0.2) is 72.8 Å². The van der Waals surface area contributed by atoms with Gasteiger partial charge in [-0.25, -0.2) is 0 Å². The average molecular weight is 439 g/mol. The molecule has 2 atom stereocenters. The van der Waals surface area contributed by atoms with Gasteiger partial charge in [-0.2, -0.15) is 5.10 Å². The zero-order valence-corrected chi connectivity index (χ0v) is 18.5. The number of nitrogens with zero attached hydrogens (tertiary/aromatic N) is 3. The van der Waals surface area contributed by atoms with Crippen LogP contribution in [-0.2, 0) is 6.61 Å². The Morgan fingerprint density at radius 2 is 1.73 bits per heavy atom. The lowest BCUT2D eigenvalue weighted by atomic mass is 9.94. The molecule has 0 aliphatic carbocycles. The van der Waals surface area contributed by atoms with Gasteiger partial charge in [-0.1, -0.05) is 48.5 Å². The van der Waals surface area contributed by atoms with Crippen molar-refractivity contribution in [3.05, 3.63) is 89.6 Å². The smallest absolute Gasteiger partial charge is 0.150 e. The highest BCUT2D eigenvalue weighted by Gasteiger charge is 2.33. The first kappa shape index (κ1) is 21.2. The zero-order valence-electron chi connectivity index (χ0n) is 18.5. The van der Waals surface area contributed by atoms with Crippen molar-refractivity contribution in [2.45, 2.75) is 25.6 Å². The maximum absolute atomic E-state index is 11.1. The molecular formula is C27H26N4O2. The monoisotopic (exact) mass is 438 g/mol. The van der Waals surface area contributed by atoms with E-state index < -0.39 is 0 Å². The lowest BCUT2D eigenvalue weighted by Crippen LogP contribution is -2.52. The maximum atomic E-state index is 11.1. The first-order chi connectivity index (χ1) is 16.2. The van der Waals surface area contributed by atoms with Crippen LogP contribution >= 0.6 is 0 Å². The Hall–Kier alpha value is -3.61. The summed E-state index contributed by atoms with van der Waals surface area (Å²) in [6, 6.07) is 23.9. The van der Waals surface area contributed by atoms with Crippen LogP contribution < -0.4 is 10.2 Å². The molecule has 2 unspecified atom stereocenters. The summed E-state index contributed by atoms with van der Waals surface area (Å²) >= 11 is 0. The lowest BCUT2D eigenvalue weighted by Gasteiger charge is -2.42. The Labute approximate surface area is 192 Å². The molecule has 0 radical (unpaired) electrons. The molecule has 0 bridgehead atoms. The van der Waals surface area contributed by atoms with Gasteiger partial charge in [-0.15, -0.1) is 5.10 Å². The predicted octanol–water partition coefficient (Wildman–Crippen LogP) is 4.14. The van der Waals surface area contributed by atoms with Crippen LogP contribution in [0.2, 0.25) is 0 Å². The second kappa shape index (κ2) is 9.10. The summed E-state index contributed by atoms with van der Waals surface area (Å²) in [4.78, 5) is 13.5. The molecule has 1 aliphatic rings. The Morgan fingerprint density at radius 3 is 2.42 bits per heavy atom. The average Bonchev–Trinajstić information content (AvgIpc) is 2.88. The maximum Gasteiger partial charge on any atom is 0.150 e. The number of hydrogen-bond donors (Lipinski definition) is 2. The van der Waals surface area contributed by atoms with Gasteiger partial charge in [0.25, 0.3) is 0 Å². The summed E-state index contributed by atoms with van der Waals surface area (Å²) in [5.41, 5.74) is 5.33. The van der Waals surface area contributed by atoms with E-state index in [1.807, 2.05) is 60.7 Å². The van der Waals surface area contributed by atoms with Crippen LogP contribution in [0, 0.1) is 0 Å². The van der Waals surface area contributed by atoms with Gasteiger partial charge in [-0.3, -0.25) is 4.79 Å². The fraction of sp³-hybridized carbons (Fsp3) is 0.222. The summed E-state index contributed by atoms with van der Waals surface area (Å²) in [5, 5.41) is 24.5. The van der Waals surface area contributed by atoms with Gasteiger partial charge in [0.05, 0.1) is 18.3 Å². The van der Waals surface area contributed by atoms with E-state index in [9.17, 15) is 9.90 Å². The predicted molar refractivity (Wildman–Crippen MR) is 130 cm³/mol. The number of aliphatic hydroxyl groups is 1. The summed E-state index contributed by atoms with van der Waals surface area (Å²) < 4.78 is 0. The van der Waals surface area contributed by atoms with Crippen molar-refractivity contribution in [2.24, 2.45) is 0 Å². The van der Waals surface area contributed by atoms with Crippen molar-refractivity contribution in [2.75, 3.05) is 18.0 Å². The van der Waals surface area contributed by atoms with Gasteiger partial charge in [0, 0.05) is 46.7 Å². The van der Waals surface area contributed by atoms with Crippen LogP contribution in [-0.4, -0.2) is 40.7 Å². The first-order valence-electron chi connectivity index (χ1n) is 11.2. The van der Waals surface area contributed by atoms with Gasteiger partial charge in [-0.05, 0) is 36.8 Å². The minimum absolute atomic E-state index is 0.0101. The van der Waals surface area contributed by atoms with E-state index in [-0.39, 0.29) is 18.7 Å².